The highest BCUT2D eigenvalue weighted by Crippen LogP contribution is 2.17. The van der Waals surface area contributed by atoms with Gasteiger partial charge in [0.15, 0.2) is 0 Å². The molecule has 1 fully saturated rings. The Labute approximate surface area is 108 Å². The number of hydrogen-bond donors (Lipinski definition) is 1. The molecule has 0 saturated carbocycles. The average Bonchev–Trinajstić information content (AvgIpc) is 2.34. The Bertz CT molecular complexity index is 383. The normalized spacial score (nSPS) is 25.3. The Morgan fingerprint density at radius 1 is 1.44 bits per heavy atom. The molecule has 2 rings (SSSR count). The molecule has 1 aromatic carbocycles. The van der Waals surface area contributed by atoms with Gasteiger partial charge in [-0.25, -0.2) is 4.39 Å². The van der Waals surface area contributed by atoms with Gasteiger partial charge in [-0.05, 0) is 56.0 Å². The van der Waals surface area contributed by atoms with Gasteiger partial charge in [-0.3, -0.25) is 0 Å². The van der Waals surface area contributed by atoms with Crippen molar-refractivity contribution in [2.24, 2.45) is 5.92 Å². The number of likely N-dealkylation sites (tertiary alicyclic amines) is 1. The van der Waals surface area contributed by atoms with Crippen LogP contribution in [0.3, 0.4) is 0 Å². The predicted molar refractivity (Wildman–Crippen MR) is 70.9 cm³/mol. The highest BCUT2D eigenvalue weighted by Gasteiger charge is 2.23. The number of benzene rings is 1. The minimum Gasteiger partial charge on any atom is -0.392 e. The van der Waals surface area contributed by atoms with Crippen molar-refractivity contribution in [3.63, 3.8) is 0 Å². The van der Waals surface area contributed by atoms with Gasteiger partial charge in [-0.1, -0.05) is 19.1 Å². The van der Waals surface area contributed by atoms with Gasteiger partial charge >= 0.3 is 0 Å². The van der Waals surface area contributed by atoms with Crippen molar-refractivity contribution in [3.05, 3.63) is 35.6 Å². The Kier molecular flexibility index (Phi) is 4.72. The molecular weight excluding hydrogens is 229 g/mol. The highest BCUT2D eigenvalue weighted by molar-refractivity contribution is 5.16. The van der Waals surface area contributed by atoms with Gasteiger partial charge in [0.2, 0.25) is 0 Å². The predicted octanol–water partition coefficient (Wildman–Crippen LogP) is 2.46. The minimum absolute atomic E-state index is 0.158. The molecule has 0 bridgehead atoms. The van der Waals surface area contributed by atoms with E-state index in [0.717, 1.165) is 44.5 Å². The summed E-state index contributed by atoms with van der Waals surface area (Å²) in [7, 11) is 0. The molecule has 1 N–H and O–H groups in total. The number of hydrogen-bond acceptors (Lipinski definition) is 2. The summed E-state index contributed by atoms with van der Waals surface area (Å²) in [6, 6.07) is 6.81. The maximum atomic E-state index is 13.0. The number of rotatable bonds is 4. The first kappa shape index (κ1) is 13.5. The fraction of sp³-hybridized carbons (Fsp3) is 0.600. The first-order valence-corrected chi connectivity index (χ1v) is 6.80. The molecule has 2 atom stereocenters. The van der Waals surface area contributed by atoms with Crippen molar-refractivity contribution in [1.82, 2.24) is 4.90 Å². The lowest BCUT2D eigenvalue weighted by molar-refractivity contribution is 0.0289. The molecule has 1 aliphatic heterocycles. The first-order valence-electron chi connectivity index (χ1n) is 6.80. The second-order valence-electron chi connectivity index (χ2n) is 5.37. The number of aliphatic hydroxyl groups excluding tert-OH is 1. The van der Waals surface area contributed by atoms with Crippen LogP contribution < -0.4 is 0 Å². The van der Waals surface area contributed by atoms with Crippen molar-refractivity contribution < 1.29 is 9.50 Å². The summed E-state index contributed by atoms with van der Waals surface area (Å²) >= 11 is 0. The van der Waals surface area contributed by atoms with E-state index in [2.05, 4.69) is 11.8 Å². The quantitative estimate of drug-likeness (QED) is 0.888. The van der Waals surface area contributed by atoms with Crippen LogP contribution in [-0.4, -0.2) is 35.7 Å². The molecule has 0 spiro atoms. The molecule has 3 heteroatoms. The van der Waals surface area contributed by atoms with Crippen LogP contribution in [0.5, 0.6) is 0 Å². The van der Waals surface area contributed by atoms with Crippen LogP contribution in [0.4, 0.5) is 4.39 Å². The lowest BCUT2D eigenvalue weighted by Crippen LogP contribution is -2.43. The Morgan fingerprint density at radius 3 is 3.00 bits per heavy atom. The minimum atomic E-state index is -0.187. The molecule has 100 valence electrons. The van der Waals surface area contributed by atoms with Crippen LogP contribution in [0.25, 0.3) is 0 Å². The Hall–Kier alpha value is -0.930. The van der Waals surface area contributed by atoms with E-state index in [-0.39, 0.29) is 11.9 Å². The van der Waals surface area contributed by atoms with Crippen LogP contribution >= 0.6 is 0 Å². The van der Waals surface area contributed by atoms with Gasteiger partial charge in [0, 0.05) is 6.54 Å². The summed E-state index contributed by atoms with van der Waals surface area (Å²) < 4.78 is 13.0. The summed E-state index contributed by atoms with van der Waals surface area (Å²) in [5.41, 5.74) is 1.06. The van der Waals surface area contributed by atoms with E-state index in [1.54, 1.807) is 12.1 Å². The van der Waals surface area contributed by atoms with Gasteiger partial charge in [0.1, 0.15) is 5.82 Å². The fourth-order valence-corrected chi connectivity index (χ4v) is 2.52. The lowest BCUT2D eigenvalue weighted by Gasteiger charge is -2.34. The summed E-state index contributed by atoms with van der Waals surface area (Å²) in [4.78, 5) is 2.31. The number of aliphatic hydroxyl groups is 1. The van der Waals surface area contributed by atoms with E-state index in [4.69, 9.17) is 0 Å². The summed E-state index contributed by atoms with van der Waals surface area (Å²) in [6.45, 7) is 4.95. The molecule has 2 nitrogen and oxygen atoms in total. The molecule has 0 aromatic heterocycles. The van der Waals surface area contributed by atoms with Crippen molar-refractivity contribution in [1.29, 1.82) is 0 Å². The van der Waals surface area contributed by atoms with Gasteiger partial charge in [-0.15, -0.1) is 0 Å². The zero-order valence-corrected chi connectivity index (χ0v) is 11.0. The maximum Gasteiger partial charge on any atom is 0.123 e. The average molecular weight is 251 g/mol. The molecule has 18 heavy (non-hydrogen) atoms. The van der Waals surface area contributed by atoms with Gasteiger partial charge in [0.25, 0.3) is 0 Å². The number of aryl methyl sites for hydroxylation is 1. The molecular formula is C15H22FNO. The molecule has 0 aliphatic carbocycles. The number of β-amino-alcohol motifs (C(OH)–C–C–N with tert-alkyl or cyclic N) is 1. The van der Waals surface area contributed by atoms with Gasteiger partial charge in [0.05, 0.1) is 6.10 Å². The number of piperidine rings is 1. The molecule has 0 amide bonds. The topological polar surface area (TPSA) is 23.5 Å². The standard InChI is InChI=1S/C15H22FNO/c1-12-7-9-17(11-15(12)18)8-3-5-13-4-2-6-14(16)10-13/h2,4,6,10,12,15,18H,3,5,7-9,11H2,1H3. The van der Waals surface area contributed by atoms with Crippen molar-refractivity contribution in [3.8, 4) is 0 Å². The number of nitrogens with zero attached hydrogens (tertiary/aromatic N) is 1. The molecule has 1 aliphatic rings. The van der Waals surface area contributed by atoms with Crippen LogP contribution in [0.2, 0.25) is 0 Å². The van der Waals surface area contributed by atoms with E-state index >= 15 is 0 Å². The smallest absolute Gasteiger partial charge is 0.123 e. The zero-order chi connectivity index (χ0) is 13.0. The van der Waals surface area contributed by atoms with Gasteiger partial charge < -0.3 is 10.0 Å². The molecule has 2 unspecified atom stereocenters. The zero-order valence-electron chi connectivity index (χ0n) is 11.0. The van der Waals surface area contributed by atoms with Crippen LogP contribution in [-0.2, 0) is 6.42 Å². The second-order valence-corrected chi connectivity index (χ2v) is 5.37. The van der Waals surface area contributed by atoms with E-state index in [1.165, 1.54) is 6.07 Å². The highest BCUT2D eigenvalue weighted by atomic mass is 19.1. The number of halogens is 1. The van der Waals surface area contributed by atoms with E-state index in [0.29, 0.717) is 5.92 Å². The Balaban J connectivity index is 1.72. The van der Waals surface area contributed by atoms with Crippen LogP contribution in [0, 0.1) is 11.7 Å². The molecule has 1 saturated heterocycles. The largest absolute Gasteiger partial charge is 0.392 e. The van der Waals surface area contributed by atoms with Crippen LogP contribution in [0.1, 0.15) is 25.3 Å². The second kappa shape index (κ2) is 6.30. The lowest BCUT2D eigenvalue weighted by atomic mass is 9.96. The molecule has 1 heterocycles. The maximum absolute atomic E-state index is 13.0. The third-order valence-corrected chi connectivity index (χ3v) is 3.83. The first-order chi connectivity index (χ1) is 8.65. The molecule has 1 aromatic rings. The summed E-state index contributed by atoms with van der Waals surface area (Å²) in [5.74, 6) is 0.263. The summed E-state index contributed by atoms with van der Waals surface area (Å²) in [5, 5.41) is 9.81. The van der Waals surface area contributed by atoms with Crippen molar-refractivity contribution in [2.45, 2.75) is 32.3 Å². The van der Waals surface area contributed by atoms with Crippen molar-refractivity contribution in [2.75, 3.05) is 19.6 Å². The molecule has 0 radical (unpaired) electrons. The van der Waals surface area contributed by atoms with Crippen LogP contribution in [0.15, 0.2) is 24.3 Å². The van der Waals surface area contributed by atoms with Crippen molar-refractivity contribution >= 4 is 0 Å². The Morgan fingerprint density at radius 2 is 2.28 bits per heavy atom. The van der Waals surface area contributed by atoms with E-state index in [9.17, 15) is 9.50 Å². The SMILES string of the molecule is CC1CCN(CCCc2cccc(F)c2)CC1O. The summed E-state index contributed by atoms with van der Waals surface area (Å²) in [6.07, 6.45) is 2.80. The van der Waals surface area contributed by atoms with E-state index < -0.39 is 0 Å². The van der Waals surface area contributed by atoms with E-state index in [1.807, 2.05) is 6.07 Å². The monoisotopic (exact) mass is 251 g/mol. The third kappa shape index (κ3) is 3.79. The third-order valence-electron chi connectivity index (χ3n) is 3.83. The van der Waals surface area contributed by atoms with Gasteiger partial charge in [-0.2, -0.15) is 0 Å². The fourth-order valence-electron chi connectivity index (χ4n) is 2.52.